The summed E-state index contributed by atoms with van der Waals surface area (Å²) in [4.78, 5) is 37.8. The highest BCUT2D eigenvalue weighted by Crippen LogP contribution is 2.18. The first-order chi connectivity index (χ1) is 13.7. The quantitative estimate of drug-likeness (QED) is 0.471. The van der Waals surface area contributed by atoms with Gasteiger partial charge in [0.2, 0.25) is 10.0 Å². The minimum atomic E-state index is -3.58. The van der Waals surface area contributed by atoms with Gasteiger partial charge in [-0.3, -0.25) is 9.59 Å². The number of rotatable bonds is 9. The molecule has 2 N–H and O–H groups in total. The molecule has 0 saturated carbocycles. The Kier molecular flexibility index (Phi) is 7.29. The topological polar surface area (TPSA) is 126 Å². The number of benzene rings is 1. The molecule has 29 heavy (non-hydrogen) atoms. The van der Waals surface area contributed by atoms with E-state index < -0.39 is 28.5 Å². The fourth-order valence-corrected chi connectivity index (χ4v) is 4.00. The minimum absolute atomic E-state index is 0.0639. The van der Waals surface area contributed by atoms with Crippen molar-refractivity contribution in [2.45, 2.75) is 25.7 Å². The molecule has 0 aliphatic heterocycles. The van der Waals surface area contributed by atoms with Crippen LogP contribution >= 0.6 is 0 Å². The van der Waals surface area contributed by atoms with Crippen LogP contribution in [-0.4, -0.2) is 55.1 Å². The third kappa shape index (κ3) is 5.52. The summed E-state index contributed by atoms with van der Waals surface area (Å²) in [5, 5.41) is 2.52. The van der Waals surface area contributed by atoms with Crippen molar-refractivity contribution in [3.63, 3.8) is 0 Å². The normalized spacial score (nSPS) is 11.3. The maximum atomic E-state index is 12.4. The molecule has 0 aliphatic rings. The van der Waals surface area contributed by atoms with Crippen molar-refractivity contribution < 1.29 is 27.5 Å². The van der Waals surface area contributed by atoms with Gasteiger partial charge in [-0.1, -0.05) is 13.8 Å². The predicted molar refractivity (Wildman–Crippen MR) is 106 cm³/mol. The number of anilines is 1. The minimum Gasteiger partial charge on any atom is -0.451 e. The number of esters is 1. The van der Waals surface area contributed by atoms with Crippen molar-refractivity contribution in [2.75, 3.05) is 25.0 Å². The number of nitrogens with zero attached hydrogens (tertiary/aromatic N) is 1. The number of sulfonamides is 1. The number of ether oxygens (including phenoxy) is 1. The summed E-state index contributed by atoms with van der Waals surface area (Å²) in [7, 11) is -3.58. The summed E-state index contributed by atoms with van der Waals surface area (Å²) >= 11 is 0. The Balaban J connectivity index is 1.93. The molecule has 0 atom stereocenters. The molecular weight excluding hydrogens is 398 g/mol. The molecule has 1 heterocycles. The van der Waals surface area contributed by atoms with E-state index >= 15 is 0 Å². The average molecular weight is 421 g/mol. The van der Waals surface area contributed by atoms with Crippen LogP contribution < -0.4 is 5.32 Å². The average Bonchev–Trinajstić information content (AvgIpc) is 3.18. The molecule has 156 valence electrons. The van der Waals surface area contributed by atoms with Crippen molar-refractivity contribution in [2.24, 2.45) is 0 Å². The van der Waals surface area contributed by atoms with Gasteiger partial charge in [-0.15, -0.1) is 0 Å². The second-order valence-corrected chi connectivity index (χ2v) is 8.03. The van der Waals surface area contributed by atoms with Crippen LogP contribution in [0.3, 0.4) is 0 Å². The number of ketones is 1. The molecule has 0 radical (unpaired) electrons. The number of aromatic amines is 1. The van der Waals surface area contributed by atoms with Gasteiger partial charge >= 0.3 is 5.97 Å². The highest BCUT2D eigenvalue weighted by atomic mass is 32.2. The van der Waals surface area contributed by atoms with Gasteiger partial charge in [0.15, 0.2) is 12.4 Å². The summed E-state index contributed by atoms with van der Waals surface area (Å²) in [5.74, 6) is -1.56. The molecule has 9 nitrogen and oxygen atoms in total. The number of hydrogen-bond acceptors (Lipinski definition) is 6. The number of nitrogens with one attached hydrogen (secondary N) is 2. The van der Waals surface area contributed by atoms with E-state index in [0.717, 1.165) is 0 Å². The van der Waals surface area contributed by atoms with Gasteiger partial charge in [0.1, 0.15) is 5.69 Å². The molecule has 0 unspecified atom stereocenters. The molecule has 0 spiro atoms. The Labute approximate surface area is 169 Å². The number of aromatic nitrogens is 1. The van der Waals surface area contributed by atoms with Crippen LogP contribution in [0.1, 0.15) is 41.6 Å². The van der Waals surface area contributed by atoms with Crippen LogP contribution in [0.4, 0.5) is 5.69 Å². The molecule has 0 fully saturated rings. The highest BCUT2D eigenvalue weighted by molar-refractivity contribution is 7.89. The van der Waals surface area contributed by atoms with Crippen LogP contribution in [0.15, 0.2) is 41.4 Å². The third-order valence-electron chi connectivity index (χ3n) is 4.13. The van der Waals surface area contributed by atoms with E-state index in [9.17, 15) is 22.8 Å². The van der Waals surface area contributed by atoms with Crippen LogP contribution in [0, 0.1) is 0 Å². The lowest BCUT2D eigenvalue weighted by Crippen LogP contribution is -2.30. The first-order valence-electron chi connectivity index (χ1n) is 8.95. The number of carbonyl (C=O) groups is 3. The van der Waals surface area contributed by atoms with Gasteiger partial charge < -0.3 is 15.0 Å². The largest absolute Gasteiger partial charge is 0.451 e. The summed E-state index contributed by atoms with van der Waals surface area (Å²) in [6.07, 6.45) is 1.38. The fourth-order valence-electron chi connectivity index (χ4n) is 2.54. The molecule has 1 aromatic heterocycles. The standard InChI is InChI=1S/C19H23N3O6S/c1-4-22(5-2)29(26,27)16-8-6-15(7-9-16)21-18(24)12-28-19(25)17-10-14(11-20-17)13(3)23/h6-11,20H,4-5,12H2,1-3H3,(H,21,24). The Morgan fingerprint density at radius 2 is 1.72 bits per heavy atom. The lowest BCUT2D eigenvalue weighted by Gasteiger charge is -2.18. The van der Waals surface area contributed by atoms with E-state index in [1.54, 1.807) is 13.8 Å². The Bertz CT molecular complexity index is 991. The van der Waals surface area contributed by atoms with Crippen molar-refractivity contribution in [1.29, 1.82) is 0 Å². The molecule has 1 aromatic carbocycles. The zero-order chi connectivity index (χ0) is 21.6. The van der Waals surface area contributed by atoms with Crippen molar-refractivity contribution in [3.05, 3.63) is 47.8 Å². The van der Waals surface area contributed by atoms with Crippen LogP contribution in [0.25, 0.3) is 0 Å². The Morgan fingerprint density at radius 3 is 2.24 bits per heavy atom. The Hall–Kier alpha value is -2.98. The highest BCUT2D eigenvalue weighted by Gasteiger charge is 2.21. The molecule has 2 rings (SSSR count). The zero-order valence-corrected chi connectivity index (χ0v) is 17.2. The van der Waals surface area contributed by atoms with Crippen LogP contribution in [0.5, 0.6) is 0 Å². The predicted octanol–water partition coefficient (Wildman–Crippen LogP) is 2.04. The lowest BCUT2D eigenvalue weighted by molar-refractivity contribution is -0.119. The van der Waals surface area contributed by atoms with Crippen LogP contribution in [-0.2, 0) is 19.6 Å². The second kappa shape index (κ2) is 9.48. The van der Waals surface area contributed by atoms with E-state index in [0.29, 0.717) is 24.3 Å². The molecule has 0 aliphatic carbocycles. The first kappa shape index (κ1) is 22.3. The summed E-state index contributed by atoms with van der Waals surface area (Å²) in [6, 6.07) is 7.06. The van der Waals surface area contributed by atoms with Crippen LogP contribution in [0.2, 0.25) is 0 Å². The van der Waals surface area contributed by atoms with E-state index in [-0.39, 0.29) is 16.4 Å². The molecule has 2 aromatic rings. The number of hydrogen-bond donors (Lipinski definition) is 2. The van der Waals surface area contributed by atoms with E-state index in [1.807, 2.05) is 0 Å². The lowest BCUT2D eigenvalue weighted by atomic mass is 10.2. The molecule has 0 saturated heterocycles. The summed E-state index contributed by atoms with van der Waals surface area (Å²) in [5.41, 5.74) is 0.762. The molecule has 10 heteroatoms. The van der Waals surface area contributed by atoms with Crippen molar-refractivity contribution in [3.8, 4) is 0 Å². The van der Waals surface area contributed by atoms with E-state index in [1.165, 1.54) is 47.8 Å². The smallest absolute Gasteiger partial charge is 0.355 e. The van der Waals surface area contributed by atoms with Crippen molar-refractivity contribution in [1.82, 2.24) is 9.29 Å². The van der Waals surface area contributed by atoms with Gasteiger partial charge in [0.25, 0.3) is 5.91 Å². The Morgan fingerprint density at radius 1 is 1.10 bits per heavy atom. The van der Waals surface area contributed by atoms with E-state index in [2.05, 4.69) is 10.3 Å². The SMILES string of the molecule is CCN(CC)S(=O)(=O)c1ccc(NC(=O)COC(=O)c2cc(C(C)=O)c[nH]2)cc1. The van der Waals surface area contributed by atoms with Gasteiger partial charge in [-0.2, -0.15) is 4.31 Å². The van der Waals surface area contributed by atoms with Gasteiger partial charge in [0, 0.05) is 30.5 Å². The molecule has 0 bridgehead atoms. The zero-order valence-electron chi connectivity index (χ0n) is 16.4. The number of amides is 1. The van der Waals surface area contributed by atoms with Gasteiger partial charge in [-0.05, 0) is 37.3 Å². The van der Waals surface area contributed by atoms with Crippen molar-refractivity contribution >= 4 is 33.4 Å². The second-order valence-electron chi connectivity index (χ2n) is 6.10. The maximum absolute atomic E-state index is 12.4. The van der Waals surface area contributed by atoms with E-state index in [4.69, 9.17) is 4.74 Å². The fraction of sp³-hybridized carbons (Fsp3) is 0.316. The van der Waals surface area contributed by atoms with Gasteiger partial charge in [-0.25, -0.2) is 13.2 Å². The number of Topliss-reactive ketones (excluding diaryl/α,β-unsaturated/α-hetero) is 1. The summed E-state index contributed by atoms with van der Waals surface area (Å²) < 4.78 is 31.1. The molecule has 1 amide bonds. The third-order valence-corrected chi connectivity index (χ3v) is 6.19. The molecular formula is C19H23N3O6S. The monoisotopic (exact) mass is 421 g/mol. The number of H-pyrrole nitrogens is 1. The maximum Gasteiger partial charge on any atom is 0.355 e. The first-order valence-corrected chi connectivity index (χ1v) is 10.4. The number of carbonyl (C=O) groups excluding carboxylic acids is 3. The summed E-state index contributed by atoms with van der Waals surface area (Å²) in [6.45, 7) is 5.06. The van der Waals surface area contributed by atoms with Gasteiger partial charge in [0.05, 0.1) is 4.90 Å².